The summed E-state index contributed by atoms with van der Waals surface area (Å²) >= 11 is 3.26. The number of hydrogen-bond donors (Lipinski definition) is 2. The van der Waals surface area contributed by atoms with Gasteiger partial charge in [-0.15, -0.1) is 0 Å². The normalized spacial score (nSPS) is 10.4. The molecule has 3 N–H and O–H groups in total. The number of rotatable bonds is 4. The van der Waals surface area contributed by atoms with Gasteiger partial charge in [0, 0.05) is 42.6 Å². The van der Waals surface area contributed by atoms with E-state index in [9.17, 15) is 4.79 Å². The zero-order chi connectivity index (χ0) is 13.8. The molecule has 2 aromatic rings. The number of aromatic nitrogens is 3. The summed E-state index contributed by atoms with van der Waals surface area (Å²) in [6, 6.07) is 3.57. The van der Waals surface area contributed by atoms with E-state index in [4.69, 9.17) is 5.73 Å². The smallest absolute Gasteiger partial charge is 0.255 e. The Labute approximate surface area is 119 Å². The molecule has 0 bridgehead atoms. The zero-order valence-corrected chi connectivity index (χ0v) is 12.0. The minimum atomic E-state index is -0.228. The summed E-state index contributed by atoms with van der Waals surface area (Å²) in [5.41, 5.74) is 7.10. The minimum absolute atomic E-state index is 0.223. The van der Waals surface area contributed by atoms with Gasteiger partial charge in [-0.3, -0.25) is 9.48 Å². The van der Waals surface area contributed by atoms with Crippen LogP contribution in [-0.4, -0.2) is 27.2 Å². The van der Waals surface area contributed by atoms with Crippen LogP contribution in [0, 0.1) is 0 Å². The molecule has 0 unspecified atom stereocenters. The summed E-state index contributed by atoms with van der Waals surface area (Å²) in [6.07, 6.45) is 4.00. The lowest BCUT2D eigenvalue weighted by molar-refractivity contribution is 0.0954. The molecule has 0 radical (unpaired) electrons. The number of nitrogens with zero attached hydrogens (tertiary/aromatic N) is 3. The number of nitrogens with one attached hydrogen (secondary N) is 1. The second kappa shape index (κ2) is 5.83. The number of carbonyl (C=O) groups excluding carboxylic acids is 1. The summed E-state index contributed by atoms with van der Waals surface area (Å²) < 4.78 is 2.50. The summed E-state index contributed by atoms with van der Waals surface area (Å²) in [5.74, 6) is -0.00491. The number of amides is 1. The molecule has 0 fully saturated rings. The Morgan fingerprint density at radius 2 is 2.37 bits per heavy atom. The number of pyridine rings is 1. The van der Waals surface area contributed by atoms with Crippen LogP contribution < -0.4 is 11.1 Å². The number of aryl methyl sites for hydroxylation is 1. The van der Waals surface area contributed by atoms with Crippen LogP contribution in [-0.2, 0) is 13.5 Å². The van der Waals surface area contributed by atoms with Gasteiger partial charge in [-0.25, -0.2) is 4.98 Å². The fourth-order valence-corrected chi connectivity index (χ4v) is 2.01. The van der Waals surface area contributed by atoms with E-state index in [-0.39, 0.29) is 11.7 Å². The van der Waals surface area contributed by atoms with Crippen molar-refractivity contribution in [1.29, 1.82) is 0 Å². The van der Waals surface area contributed by atoms with Crippen LogP contribution in [0.4, 0.5) is 5.82 Å². The van der Waals surface area contributed by atoms with E-state index in [0.717, 1.165) is 10.2 Å². The molecule has 2 aromatic heterocycles. The van der Waals surface area contributed by atoms with Gasteiger partial charge in [-0.1, -0.05) is 0 Å². The number of carbonyl (C=O) groups is 1. The lowest BCUT2D eigenvalue weighted by Crippen LogP contribution is -2.27. The Bertz CT molecular complexity index is 596. The predicted molar refractivity (Wildman–Crippen MR) is 75.6 cm³/mol. The van der Waals surface area contributed by atoms with Crippen molar-refractivity contribution in [2.75, 3.05) is 12.3 Å². The first kappa shape index (κ1) is 13.5. The molecule has 2 rings (SSSR count). The molecule has 19 heavy (non-hydrogen) atoms. The molecule has 6 nitrogen and oxygen atoms in total. The van der Waals surface area contributed by atoms with Gasteiger partial charge < -0.3 is 11.1 Å². The van der Waals surface area contributed by atoms with Crippen molar-refractivity contribution in [3.63, 3.8) is 0 Å². The van der Waals surface area contributed by atoms with Gasteiger partial charge in [0.1, 0.15) is 5.82 Å². The molecular formula is C12H14BrN5O. The highest BCUT2D eigenvalue weighted by Gasteiger charge is 2.11. The lowest BCUT2D eigenvalue weighted by Gasteiger charge is -2.07. The highest BCUT2D eigenvalue weighted by atomic mass is 79.9. The summed E-state index contributed by atoms with van der Waals surface area (Å²) in [7, 11) is 1.87. The van der Waals surface area contributed by atoms with Crippen LogP contribution in [0.15, 0.2) is 29.0 Å². The van der Waals surface area contributed by atoms with E-state index in [2.05, 4.69) is 31.3 Å². The van der Waals surface area contributed by atoms with E-state index < -0.39 is 0 Å². The van der Waals surface area contributed by atoms with Crippen molar-refractivity contribution >= 4 is 27.7 Å². The maximum absolute atomic E-state index is 12.0. The SMILES string of the molecule is Cn1nccc1CCNC(=O)c1cc(Br)cnc1N. The molecule has 0 saturated heterocycles. The van der Waals surface area contributed by atoms with Crippen molar-refractivity contribution in [3.8, 4) is 0 Å². The molecule has 2 heterocycles. The van der Waals surface area contributed by atoms with Crippen molar-refractivity contribution in [1.82, 2.24) is 20.1 Å². The predicted octanol–water partition coefficient (Wildman–Crippen LogP) is 1.13. The molecular weight excluding hydrogens is 310 g/mol. The number of nitrogens with two attached hydrogens (primary N) is 1. The first-order valence-corrected chi connectivity index (χ1v) is 6.53. The Hall–Kier alpha value is -1.89. The molecule has 0 aliphatic heterocycles. The third kappa shape index (κ3) is 3.31. The van der Waals surface area contributed by atoms with Crippen LogP contribution in [0.25, 0.3) is 0 Å². The average Bonchev–Trinajstić information content (AvgIpc) is 2.78. The first-order valence-electron chi connectivity index (χ1n) is 5.74. The van der Waals surface area contributed by atoms with Gasteiger partial charge >= 0.3 is 0 Å². The van der Waals surface area contributed by atoms with Crippen molar-refractivity contribution < 1.29 is 4.79 Å². The quantitative estimate of drug-likeness (QED) is 0.883. The summed E-state index contributed by atoms with van der Waals surface area (Å²) in [6.45, 7) is 0.518. The maximum Gasteiger partial charge on any atom is 0.255 e. The Morgan fingerprint density at radius 3 is 3.05 bits per heavy atom. The molecule has 0 saturated carbocycles. The van der Waals surface area contributed by atoms with Gasteiger partial charge in [0.05, 0.1) is 5.56 Å². The Morgan fingerprint density at radius 1 is 1.58 bits per heavy atom. The number of anilines is 1. The molecule has 0 atom stereocenters. The maximum atomic E-state index is 12.0. The largest absolute Gasteiger partial charge is 0.383 e. The van der Waals surface area contributed by atoms with Gasteiger partial charge in [0.2, 0.25) is 0 Å². The molecule has 0 aliphatic rings. The Balaban J connectivity index is 1.94. The number of hydrogen-bond acceptors (Lipinski definition) is 4. The van der Waals surface area contributed by atoms with Gasteiger partial charge in [-0.2, -0.15) is 5.10 Å². The molecule has 0 spiro atoms. The molecule has 0 aromatic carbocycles. The summed E-state index contributed by atoms with van der Waals surface area (Å²) in [4.78, 5) is 15.9. The second-order valence-electron chi connectivity index (χ2n) is 4.04. The second-order valence-corrected chi connectivity index (χ2v) is 4.95. The van der Waals surface area contributed by atoms with Crippen molar-refractivity contribution in [2.24, 2.45) is 7.05 Å². The van der Waals surface area contributed by atoms with Gasteiger partial charge in [-0.05, 0) is 28.1 Å². The van der Waals surface area contributed by atoms with E-state index in [1.807, 2.05) is 13.1 Å². The van der Waals surface area contributed by atoms with Gasteiger partial charge in [0.25, 0.3) is 5.91 Å². The van der Waals surface area contributed by atoms with Crippen LogP contribution >= 0.6 is 15.9 Å². The van der Waals surface area contributed by atoms with Crippen LogP contribution in [0.5, 0.6) is 0 Å². The van der Waals surface area contributed by atoms with Crippen LogP contribution in [0.1, 0.15) is 16.1 Å². The van der Waals surface area contributed by atoms with Crippen LogP contribution in [0.2, 0.25) is 0 Å². The first-order chi connectivity index (χ1) is 9.08. The third-order valence-corrected chi connectivity index (χ3v) is 3.15. The molecule has 7 heteroatoms. The minimum Gasteiger partial charge on any atom is -0.383 e. The number of nitrogen functional groups attached to an aromatic ring is 1. The van der Waals surface area contributed by atoms with E-state index in [1.54, 1.807) is 23.1 Å². The van der Waals surface area contributed by atoms with Crippen molar-refractivity contribution in [2.45, 2.75) is 6.42 Å². The van der Waals surface area contributed by atoms with E-state index in [0.29, 0.717) is 18.5 Å². The highest BCUT2D eigenvalue weighted by Crippen LogP contribution is 2.15. The lowest BCUT2D eigenvalue weighted by atomic mass is 10.2. The van der Waals surface area contributed by atoms with Gasteiger partial charge in [0.15, 0.2) is 0 Å². The zero-order valence-electron chi connectivity index (χ0n) is 10.4. The highest BCUT2D eigenvalue weighted by molar-refractivity contribution is 9.10. The fraction of sp³-hybridized carbons (Fsp3) is 0.250. The average molecular weight is 324 g/mol. The molecule has 0 aliphatic carbocycles. The summed E-state index contributed by atoms with van der Waals surface area (Å²) in [5, 5.41) is 6.88. The molecule has 1 amide bonds. The monoisotopic (exact) mass is 323 g/mol. The molecule has 100 valence electrons. The van der Waals surface area contributed by atoms with Crippen molar-refractivity contribution in [3.05, 3.63) is 40.3 Å². The third-order valence-electron chi connectivity index (χ3n) is 2.72. The standard InChI is InChI=1S/C12H14BrN5O/c1-18-9(3-5-17-18)2-4-15-12(19)10-6-8(13)7-16-11(10)14/h3,5-7H,2,4H2,1H3,(H2,14,16)(H,15,19). The Kier molecular flexibility index (Phi) is 4.16. The van der Waals surface area contributed by atoms with E-state index >= 15 is 0 Å². The van der Waals surface area contributed by atoms with Crippen LogP contribution in [0.3, 0.4) is 0 Å². The topological polar surface area (TPSA) is 85.8 Å². The number of halogens is 1. The van der Waals surface area contributed by atoms with E-state index in [1.165, 1.54) is 0 Å². The fourth-order valence-electron chi connectivity index (χ4n) is 1.68.